The van der Waals surface area contributed by atoms with Crippen LogP contribution in [-0.4, -0.2) is 35.8 Å². The standard InChI is InChI=1S/C13H27NOS/c1-11-4-6-12(7-5-11)8-14-9-13(2,15)10-16-3/h11-12,14-15H,4-10H2,1-3H3. The quantitative estimate of drug-likeness (QED) is 0.754. The molecule has 1 aliphatic rings. The molecule has 3 heteroatoms. The average Bonchev–Trinajstić information content (AvgIpc) is 2.20. The molecule has 0 aromatic carbocycles. The van der Waals surface area contributed by atoms with Gasteiger partial charge in [0.1, 0.15) is 0 Å². The number of nitrogens with one attached hydrogen (secondary N) is 1. The summed E-state index contributed by atoms with van der Waals surface area (Å²) in [6.45, 7) is 6.07. The van der Waals surface area contributed by atoms with E-state index in [-0.39, 0.29) is 0 Å². The highest BCUT2D eigenvalue weighted by atomic mass is 32.2. The Morgan fingerprint density at radius 3 is 2.50 bits per heavy atom. The minimum atomic E-state index is -0.554. The molecule has 96 valence electrons. The lowest BCUT2D eigenvalue weighted by Crippen LogP contribution is -2.41. The van der Waals surface area contributed by atoms with E-state index in [4.69, 9.17) is 0 Å². The van der Waals surface area contributed by atoms with Gasteiger partial charge >= 0.3 is 0 Å². The van der Waals surface area contributed by atoms with Crippen molar-refractivity contribution in [3.05, 3.63) is 0 Å². The second kappa shape index (κ2) is 6.87. The van der Waals surface area contributed by atoms with Gasteiger partial charge in [-0.1, -0.05) is 19.8 Å². The monoisotopic (exact) mass is 245 g/mol. The van der Waals surface area contributed by atoms with Crippen molar-refractivity contribution in [3.63, 3.8) is 0 Å². The minimum Gasteiger partial charge on any atom is -0.388 e. The van der Waals surface area contributed by atoms with E-state index in [0.717, 1.165) is 30.7 Å². The van der Waals surface area contributed by atoms with Crippen molar-refractivity contribution >= 4 is 11.8 Å². The third-order valence-electron chi connectivity index (χ3n) is 3.53. The fourth-order valence-corrected chi connectivity index (χ4v) is 3.16. The maximum absolute atomic E-state index is 10.0. The van der Waals surface area contributed by atoms with Gasteiger partial charge in [0.15, 0.2) is 0 Å². The Balaban J connectivity index is 2.11. The largest absolute Gasteiger partial charge is 0.388 e. The fraction of sp³-hybridized carbons (Fsp3) is 1.00. The first kappa shape index (κ1) is 14.3. The summed E-state index contributed by atoms with van der Waals surface area (Å²) in [5, 5.41) is 13.4. The molecular weight excluding hydrogens is 218 g/mol. The molecule has 0 aromatic rings. The predicted molar refractivity (Wildman–Crippen MR) is 73.0 cm³/mol. The molecule has 2 N–H and O–H groups in total. The zero-order chi connectivity index (χ0) is 12.0. The summed E-state index contributed by atoms with van der Waals surface area (Å²) in [6.07, 6.45) is 7.52. The van der Waals surface area contributed by atoms with Crippen molar-refractivity contribution < 1.29 is 5.11 Å². The molecular formula is C13H27NOS. The van der Waals surface area contributed by atoms with Crippen LogP contribution in [0.15, 0.2) is 0 Å². The molecule has 1 rings (SSSR count). The van der Waals surface area contributed by atoms with Gasteiger partial charge in [-0.25, -0.2) is 0 Å². The molecule has 0 heterocycles. The minimum absolute atomic E-state index is 0.554. The molecule has 2 nitrogen and oxygen atoms in total. The zero-order valence-electron chi connectivity index (χ0n) is 11.0. The van der Waals surface area contributed by atoms with Crippen molar-refractivity contribution in [2.75, 3.05) is 25.1 Å². The third-order valence-corrected chi connectivity index (χ3v) is 4.44. The van der Waals surface area contributed by atoms with Crippen LogP contribution in [0.5, 0.6) is 0 Å². The Morgan fingerprint density at radius 1 is 1.31 bits per heavy atom. The number of hydrogen-bond donors (Lipinski definition) is 2. The summed E-state index contributed by atoms with van der Waals surface area (Å²) >= 11 is 1.70. The summed E-state index contributed by atoms with van der Waals surface area (Å²) in [5.41, 5.74) is -0.554. The van der Waals surface area contributed by atoms with Crippen molar-refractivity contribution in [1.29, 1.82) is 0 Å². The third kappa shape index (κ3) is 5.55. The molecule has 0 amide bonds. The van der Waals surface area contributed by atoms with Gasteiger partial charge in [-0.2, -0.15) is 11.8 Å². The van der Waals surface area contributed by atoms with Crippen LogP contribution in [0.25, 0.3) is 0 Å². The number of hydrogen-bond acceptors (Lipinski definition) is 3. The SMILES string of the molecule is CSCC(C)(O)CNCC1CCC(C)CC1. The molecule has 0 bridgehead atoms. The van der Waals surface area contributed by atoms with Gasteiger partial charge in [-0.15, -0.1) is 0 Å². The molecule has 1 aliphatic carbocycles. The van der Waals surface area contributed by atoms with E-state index >= 15 is 0 Å². The maximum Gasteiger partial charge on any atom is 0.0833 e. The normalized spacial score (nSPS) is 30.0. The van der Waals surface area contributed by atoms with Gasteiger partial charge in [-0.05, 0) is 44.4 Å². The highest BCUT2D eigenvalue weighted by Gasteiger charge is 2.21. The molecule has 1 unspecified atom stereocenters. The second-order valence-electron chi connectivity index (χ2n) is 5.69. The lowest BCUT2D eigenvalue weighted by molar-refractivity contribution is 0.0827. The first-order valence-electron chi connectivity index (χ1n) is 6.45. The summed E-state index contributed by atoms with van der Waals surface area (Å²) < 4.78 is 0. The van der Waals surface area contributed by atoms with Crippen LogP contribution in [-0.2, 0) is 0 Å². The zero-order valence-corrected chi connectivity index (χ0v) is 11.8. The van der Waals surface area contributed by atoms with E-state index in [1.54, 1.807) is 11.8 Å². The Labute approximate surface area is 105 Å². The Kier molecular flexibility index (Phi) is 6.16. The number of aliphatic hydroxyl groups is 1. The van der Waals surface area contributed by atoms with Gasteiger partial charge in [0.25, 0.3) is 0 Å². The number of rotatable bonds is 6. The average molecular weight is 245 g/mol. The van der Waals surface area contributed by atoms with Gasteiger partial charge in [-0.3, -0.25) is 0 Å². The van der Waals surface area contributed by atoms with E-state index in [9.17, 15) is 5.11 Å². The van der Waals surface area contributed by atoms with E-state index in [2.05, 4.69) is 12.2 Å². The lowest BCUT2D eigenvalue weighted by Gasteiger charge is -2.28. The molecule has 1 fully saturated rings. The molecule has 0 radical (unpaired) electrons. The van der Waals surface area contributed by atoms with E-state index < -0.39 is 5.60 Å². The van der Waals surface area contributed by atoms with Crippen LogP contribution in [0.2, 0.25) is 0 Å². The van der Waals surface area contributed by atoms with Crippen LogP contribution in [0.4, 0.5) is 0 Å². The maximum atomic E-state index is 10.0. The van der Waals surface area contributed by atoms with Crippen LogP contribution >= 0.6 is 11.8 Å². The van der Waals surface area contributed by atoms with Gasteiger partial charge in [0.2, 0.25) is 0 Å². The molecule has 16 heavy (non-hydrogen) atoms. The van der Waals surface area contributed by atoms with Crippen molar-refractivity contribution in [2.45, 2.75) is 45.1 Å². The highest BCUT2D eigenvalue weighted by molar-refractivity contribution is 7.98. The summed E-state index contributed by atoms with van der Waals surface area (Å²) in [6, 6.07) is 0. The van der Waals surface area contributed by atoms with Crippen molar-refractivity contribution in [2.24, 2.45) is 11.8 Å². The van der Waals surface area contributed by atoms with Crippen LogP contribution < -0.4 is 5.32 Å². The molecule has 0 spiro atoms. The summed E-state index contributed by atoms with van der Waals surface area (Å²) in [5.74, 6) is 2.57. The fourth-order valence-electron chi connectivity index (χ4n) is 2.44. The molecule has 0 aliphatic heterocycles. The van der Waals surface area contributed by atoms with Crippen molar-refractivity contribution in [1.82, 2.24) is 5.32 Å². The Hall–Kier alpha value is 0.270. The van der Waals surface area contributed by atoms with Gasteiger partial charge in [0, 0.05) is 12.3 Å². The first-order valence-corrected chi connectivity index (χ1v) is 7.85. The summed E-state index contributed by atoms with van der Waals surface area (Å²) in [7, 11) is 0. The second-order valence-corrected chi connectivity index (χ2v) is 6.55. The highest BCUT2D eigenvalue weighted by Crippen LogP contribution is 2.27. The van der Waals surface area contributed by atoms with Gasteiger partial charge in [0.05, 0.1) is 5.60 Å². The molecule has 1 saturated carbocycles. The Bertz CT molecular complexity index is 188. The first-order chi connectivity index (χ1) is 7.53. The smallest absolute Gasteiger partial charge is 0.0833 e. The van der Waals surface area contributed by atoms with Gasteiger partial charge < -0.3 is 10.4 Å². The molecule has 0 saturated heterocycles. The molecule has 1 atom stereocenters. The van der Waals surface area contributed by atoms with E-state index in [0.29, 0.717) is 0 Å². The van der Waals surface area contributed by atoms with Crippen LogP contribution in [0.1, 0.15) is 39.5 Å². The summed E-state index contributed by atoms with van der Waals surface area (Å²) in [4.78, 5) is 0. The van der Waals surface area contributed by atoms with Crippen LogP contribution in [0.3, 0.4) is 0 Å². The predicted octanol–water partition coefficient (Wildman–Crippen LogP) is 2.52. The topological polar surface area (TPSA) is 32.3 Å². The lowest BCUT2D eigenvalue weighted by atomic mass is 9.83. The molecule has 0 aromatic heterocycles. The van der Waals surface area contributed by atoms with E-state index in [1.165, 1.54) is 25.7 Å². The van der Waals surface area contributed by atoms with Crippen molar-refractivity contribution in [3.8, 4) is 0 Å². The Morgan fingerprint density at radius 2 is 1.94 bits per heavy atom. The number of thioether (sulfide) groups is 1. The van der Waals surface area contributed by atoms with Crippen LogP contribution in [0, 0.1) is 11.8 Å². The van der Waals surface area contributed by atoms with E-state index in [1.807, 2.05) is 13.2 Å².